The molecule has 0 fully saturated rings. The second-order valence-corrected chi connectivity index (χ2v) is 1.99. The van der Waals surface area contributed by atoms with Crippen LogP contribution in [0.25, 0.3) is 0 Å². The van der Waals surface area contributed by atoms with Crippen molar-refractivity contribution in [1.82, 2.24) is 10.7 Å². The molecule has 0 aromatic carbocycles. The molecule has 0 aliphatic heterocycles. The zero-order valence-corrected chi connectivity index (χ0v) is 7.00. The molecule has 12 heavy (non-hydrogen) atoms. The Hall–Kier alpha value is -1.65. The van der Waals surface area contributed by atoms with E-state index in [4.69, 9.17) is 0 Å². The molecule has 0 bridgehead atoms. The lowest BCUT2D eigenvalue weighted by atomic mass is 10.4. The van der Waals surface area contributed by atoms with Gasteiger partial charge in [0.1, 0.15) is 12.1 Å². The largest absolute Gasteiger partial charge is 0.345 e. The Balaban J connectivity index is 3.68. The van der Waals surface area contributed by atoms with Gasteiger partial charge in [-0.25, -0.2) is 5.43 Å². The molecule has 5 heteroatoms. The molecule has 5 nitrogen and oxygen atoms in total. The maximum absolute atomic E-state index is 10.0. The molecule has 0 aromatic heterocycles. The Morgan fingerprint density at radius 3 is 2.75 bits per heavy atom. The predicted molar refractivity (Wildman–Crippen MR) is 46.0 cm³/mol. The lowest BCUT2D eigenvalue weighted by molar-refractivity contribution is -0.107. The molecule has 0 radical (unpaired) electrons. The molecule has 0 atom stereocenters. The highest BCUT2D eigenvalue weighted by Gasteiger charge is 1.93. The van der Waals surface area contributed by atoms with E-state index in [1.165, 1.54) is 7.05 Å². The van der Waals surface area contributed by atoms with E-state index in [0.717, 1.165) is 6.29 Å². The summed E-state index contributed by atoms with van der Waals surface area (Å²) in [6.07, 6.45) is 1.01. The van der Waals surface area contributed by atoms with E-state index in [1.54, 1.807) is 0 Å². The smallest absolute Gasteiger partial charge is 0.125 e. The van der Waals surface area contributed by atoms with Crippen molar-refractivity contribution in [3.8, 4) is 0 Å². The first-order valence-corrected chi connectivity index (χ1v) is 3.33. The van der Waals surface area contributed by atoms with Gasteiger partial charge in [0.15, 0.2) is 0 Å². The van der Waals surface area contributed by atoms with Gasteiger partial charge in [-0.3, -0.25) is 0 Å². The molecule has 0 unspecified atom stereocenters. The Kier molecular flexibility index (Phi) is 5.25. The number of hydrogen-bond donors (Lipinski definition) is 2. The molecular weight excluding hydrogens is 156 g/mol. The molecule has 0 aliphatic rings. The van der Waals surface area contributed by atoms with Crippen LogP contribution < -0.4 is 10.7 Å². The standard InChI is InChI=1S/C7H12N4O/c1-6(4-5-12)9-7(2)10-11-8-3/h5,9H,1-2,4H2,3H3,(H,8,10). The summed E-state index contributed by atoms with van der Waals surface area (Å²) in [6.45, 7) is 7.14. The van der Waals surface area contributed by atoms with Crippen molar-refractivity contribution in [2.75, 3.05) is 7.05 Å². The number of allylic oxidation sites excluding steroid dienone is 1. The molecule has 0 amide bonds. The van der Waals surface area contributed by atoms with Crippen molar-refractivity contribution in [2.45, 2.75) is 6.42 Å². The van der Waals surface area contributed by atoms with E-state index in [9.17, 15) is 4.79 Å². The van der Waals surface area contributed by atoms with Crippen LogP contribution in [0.1, 0.15) is 6.42 Å². The number of carbonyl (C=O) groups excluding carboxylic acids is 1. The highest BCUT2D eigenvalue weighted by molar-refractivity contribution is 5.53. The lowest BCUT2D eigenvalue weighted by Gasteiger charge is -2.07. The summed E-state index contributed by atoms with van der Waals surface area (Å²) in [5.74, 6) is 0.437. The monoisotopic (exact) mass is 168 g/mol. The number of carbonyl (C=O) groups is 1. The summed E-state index contributed by atoms with van der Waals surface area (Å²) in [6, 6.07) is 0. The van der Waals surface area contributed by atoms with Crippen LogP contribution in [0, 0.1) is 0 Å². The van der Waals surface area contributed by atoms with E-state index in [0.29, 0.717) is 11.5 Å². The van der Waals surface area contributed by atoms with Crippen molar-refractivity contribution in [3.63, 3.8) is 0 Å². The first-order valence-electron chi connectivity index (χ1n) is 3.33. The summed E-state index contributed by atoms with van der Waals surface area (Å²) < 4.78 is 0. The lowest BCUT2D eigenvalue weighted by Crippen LogP contribution is -2.20. The van der Waals surface area contributed by atoms with Crippen LogP contribution in [-0.2, 0) is 4.79 Å². The molecule has 0 rings (SSSR count). The molecule has 66 valence electrons. The average molecular weight is 168 g/mol. The normalized spacial score (nSPS) is 9.42. The van der Waals surface area contributed by atoms with Gasteiger partial charge in [0, 0.05) is 12.1 Å². The third-order valence-electron chi connectivity index (χ3n) is 0.942. The molecule has 0 saturated carbocycles. The van der Waals surface area contributed by atoms with Crippen molar-refractivity contribution in [3.05, 3.63) is 24.7 Å². The third kappa shape index (κ3) is 5.16. The van der Waals surface area contributed by atoms with Crippen molar-refractivity contribution >= 4 is 6.29 Å². The van der Waals surface area contributed by atoms with E-state index < -0.39 is 0 Å². The second-order valence-electron chi connectivity index (χ2n) is 1.99. The van der Waals surface area contributed by atoms with Crippen LogP contribution in [0.2, 0.25) is 0 Å². The van der Waals surface area contributed by atoms with Crippen LogP contribution in [-0.4, -0.2) is 13.3 Å². The Labute approximate surface area is 71.2 Å². The van der Waals surface area contributed by atoms with E-state index >= 15 is 0 Å². The number of nitrogens with zero attached hydrogens (tertiary/aromatic N) is 2. The maximum Gasteiger partial charge on any atom is 0.125 e. The van der Waals surface area contributed by atoms with E-state index in [2.05, 4.69) is 34.2 Å². The van der Waals surface area contributed by atoms with Crippen LogP contribution in [0.15, 0.2) is 35.0 Å². The van der Waals surface area contributed by atoms with Crippen LogP contribution in [0.4, 0.5) is 0 Å². The minimum Gasteiger partial charge on any atom is -0.345 e. The Morgan fingerprint density at radius 1 is 1.58 bits per heavy atom. The second kappa shape index (κ2) is 6.09. The van der Waals surface area contributed by atoms with E-state index in [-0.39, 0.29) is 6.42 Å². The van der Waals surface area contributed by atoms with E-state index in [1.807, 2.05) is 0 Å². The SMILES string of the molecule is C=C(CC=O)NC(=C)NN=NC. The van der Waals surface area contributed by atoms with Gasteiger partial charge in [-0.15, -0.1) is 0 Å². The van der Waals surface area contributed by atoms with Crippen molar-refractivity contribution in [2.24, 2.45) is 10.3 Å². The van der Waals surface area contributed by atoms with Gasteiger partial charge in [-0.1, -0.05) is 18.4 Å². The molecule has 0 aliphatic carbocycles. The third-order valence-corrected chi connectivity index (χ3v) is 0.942. The topological polar surface area (TPSA) is 65.8 Å². The maximum atomic E-state index is 10.0. The summed E-state index contributed by atoms with van der Waals surface area (Å²) in [4.78, 5) is 10.0. The molecule has 0 aromatic rings. The zero-order chi connectivity index (χ0) is 9.40. The first kappa shape index (κ1) is 10.3. The van der Waals surface area contributed by atoms with Gasteiger partial charge in [0.05, 0.1) is 7.05 Å². The van der Waals surface area contributed by atoms with Crippen LogP contribution in [0.5, 0.6) is 0 Å². The summed E-state index contributed by atoms with van der Waals surface area (Å²) in [5, 5.41) is 9.64. The quantitative estimate of drug-likeness (QED) is 0.349. The fourth-order valence-corrected chi connectivity index (χ4v) is 0.503. The van der Waals surface area contributed by atoms with Crippen LogP contribution >= 0.6 is 0 Å². The fraction of sp³-hybridized carbons (Fsp3) is 0.286. The minimum absolute atomic E-state index is 0.254. The number of aldehydes is 1. The van der Waals surface area contributed by atoms with Gasteiger partial charge >= 0.3 is 0 Å². The highest BCUT2D eigenvalue weighted by atomic mass is 16.1. The molecular formula is C7H12N4O. The minimum atomic E-state index is 0.254. The van der Waals surface area contributed by atoms with Crippen molar-refractivity contribution in [1.29, 1.82) is 0 Å². The van der Waals surface area contributed by atoms with Crippen molar-refractivity contribution < 1.29 is 4.79 Å². The molecule has 0 saturated heterocycles. The predicted octanol–water partition coefficient (Wildman–Crippen LogP) is 0.737. The molecule has 0 heterocycles. The summed E-state index contributed by atoms with van der Waals surface area (Å²) in [5.41, 5.74) is 3.06. The zero-order valence-electron chi connectivity index (χ0n) is 7.00. The first-order chi connectivity index (χ1) is 5.70. The Bertz CT molecular complexity index is 209. The number of hydrogen-bond acceptors (Lipinski definition) is 4. The number of nitrogens with one attached hydrogen (secondary N) is 2. The number of rotatable bonds is 6. The van der Waals surface area contributed by atoms with Gasteiger partial charge in [0.2, 0.25) is 0 Å². The average Bonchev–Trinajstić information content (AvgIpc) is 2.01. The van der Waals surface area contributed by atoms with Crippen LogP contribution in [0.3, 0.4) is 0 Å². The van der Waals surface area contributed by atoms with Gasteiger partial charge in [0.25, 0.3) is 0 Å². The molecule has 2 N–H and O–H groups in total. The Morgan fingerprint density at radius 2 is 2.25 bits per heavy atom. The van der Waals surface area contributed by atoms with Gasteiger partial charge < -0.3 is 10.1 Å². The highest BCUT2D eigenvalue weighted by Crippen LogP contribution is 1.91. The van der Waals surface area contributed by atoms with Gasteiger partial charge in [-0.05, 0) is 0 Å². The molecule has 0 spiro atoms. The fourth-order valence-electron chi connectivity index (χ4n) is 0.503. The summed E-state index contributed by atoms with van der Waals surface area (Å²) in [7, 11) is 1.53. The summed E-state index contributed by atoms with van der Waals surface area (Å²) >= 11 is 0. The van der Waals surface area contributed by atoms with Gasteiger partial charge in [-0.2, -0.15) is 5.11 Å².